The van der Waals surface area contributed by atoms with Gasteiger partial charge in [0.15, 0.2) is 5.82 Å². The fourth-order valence-corrected chi connectivity index (χ4v) is 0.780. The molecule has 1 aromatic heterocycles. The highest BCUT2D eigenvalue weighted by molar-refractivity contribution is 5.85. The molecule has 7 heteroatoms. The molecule has 1 aromatic rings. The van der Waals surface area contributed by atoms with E-state index in [2.05, 4.69) is 10.1 Å². The quantitative estimate of drug-likeness (QED) is 0.723. The van der Waals surface area contributed by atoms with E-state index in [1.807, 2.05) is 0 Å². The largest absolute Gasteiger partial charge is 0.466 e. The Morgan fingerprint density at radius 2 is 2.36 bits per heavy atom. The Hall–Kier alpha value is -1.14. The Morgan fingerprint density at radius 1 is 1.64 bits per heavy atom. The van der Waals surface area contributed by atoms with Gasteiger partial charge in [-0.15, -0.1) is 12.4 Å². The van der Waals surface area contributed by atoms with Gasteiger partial charge in [0.1, 0.15) is 6.42 Å². The molecule has 0 aromatic carbocycles. The summed E-state index contributed by atoms with van der Waals surface area (Å²) in [6.45, 7) is 2.28. The minimum atomic E-state index is -0.380. The van der Waals surface area contributed by atoms with Crippen molar-refractivity contribution in [2.75, 3.05) is 6.61 Å². The third-order valence-corrected chi connectivity index (χ3v) is 1.29. The molecule has 0 fully saturated rings. The molecule has 0 unspecified atom stereocenters. The van der Waals surface area contributed by atoms with Crippen LogP contribution in [0.5, 0.6) is 0 Å². The van der Waals surface area contributed by atoms with Crippen LogP contribution >= 0.6 is 12.4 Å². The van der Waals surface area contributed by atoms with Gasteiger partial charge in [0.05, 0.1) is 13.2 Å². The molecule has 0 aliphatic rings. The molecule has 0 spiro atoms. The molecular weight excluding hydrogens is 210 g/mol. The molecule has 14 heavy (non-hydrogen) atoms. The minimum Gasteiger partial charge on any atom is -0.466 e. The van der Waals surface area contributed by atoms with Crippen LogP contribution in [0.1, 0.15) is 18.6 Å². The van der Waals surface area contributed by atoms with Crippen molar-refractivity contribution < 1.29 is 14.1 Å². The molecule has 1 heterocycles. The van der Waals surface area contributed by atoms with E-state index < -0.39 is 0 Å². The Balaban J connectivity index is 0.00000169. The van der Waals surface area contributed by atoms with Crippen LogP contribution < -0.4 is 5.73 Å². The van der Waals surface area contributed by atoms with Crippen LogP contribution in [0.15, 0.2) is 4.52 Å². The van der Waals surface area contributed by atoms with Crippen molar-refractivity contribution >= 4 is 18.4 Å². The first kappa shape index (κ1) is 12.9. The predicted octanol–water partition coefficient (Wildman–Crippen LogP) is 0.0557. The second-order valence-electron chi connectivity index (χ2n) is 2.29. The van der Waals surface area contributed by atoms with Crippen LogP contribution in [-0.4, -0.2) is 22.7 Å². The maximum atomic E-state index is 10.9. The van der Waals surface area contributed by atoms with Crippen molar-refractivity contribution in [3.63, 3.8) is 0 Å². The highest BCUT2D eigenvalue weighted by Gasteiger charge is 2.10. The summed E-state index contributed by atoms with van der Waals surface area (Å²) in [5, 5.41) is 3.53. The summed E-state index contributed by atoms with van der Waals surface area (Å²) in [5.74, 6) is 0.243. The normalized spacial score (nSPS) is 9.29. The summed E-state index contributed by atoms with van der Waals surface area (Å²) in [6, 6.07) is 0. The smallest absolute Gasteiger partial charge is 0.315 e. The number of rotatable bonds is 4. The van der Waals surface area contributed by atoms with E-state index in [0.29, 0.717) is 12.4 Å². The summed E-state index contributed by atoms with van der Waals surface area (Å²) >= 11 is 0. The molecule has 0 aliphatic carbocycles. The lowest BCUT2D eigenvalue weighted by atomic mass is 10.4. The van der Waals surface area contributed by atoms with Crippen molar-refractivity contribution in [1.29, 1.82) is 0 Å². The van der Waals surface area contributed by atoms with Gasteiger partial charge >= 0.3 is 5.97 Å². The molecule has 0 amide bonds. The van der Waals surface area contributed by atoms with Crippen molar-refractivity contribution in [3.05, 3.63) is 11.7 Å². The lowest BCUT2D eigenvalue weighted by Gasteiger charge is -1.96. The molecule has 1 rings (SSSR count). The number of esters is 1. The summed E-state index contributed by atoms with van der Waals surface area (Å²) in [5.41, 5.74) is 5.25. The van der Waals surface area contributed by atoms with Gasteiger partial charge < -0.3 is 15.0 Å². The van der Waals surface area contributed by atoms with Gasteiger partial charge in [0.25, 0.3) is 0 Å². The highest BCUT2D eigenvalue weighted by Crippen LogP contribution is 1.98. The highest BCUT2D eigenvalue weighted by atomic mass is 35.5. The maximum absolute atomic E-state index is 10.9. The van der Waals surface area contributed by atoms with Gasteiger partial charge in [-0.2, -0.15) is 4.98 Å². The van der Waals surface area contributed by atoms with E-state index in [4.69, 9.17) is 15.0 Å². The fourth-order valence-electron chi connectivity index (χ4n) is 0.780. The SMILES string of the molecule is CCOC(=O)Cc1nc(CN)no1.Cl. The summed E-state index contributed by atoms with van der Waals surface area (Å²) < 4.78 is 9.42. The van der Waals surface area contributed by atoms with E-state index in [9.17, 15) is 4.79 Å². The lowest BCUT2D eigenvalue weighted by molar-refractivity contribution is -0.142. The number of carbonyl (C=O) groups excluding carboxylic acids is 1. The van der Waals surface area contributed by atoms with Gasteiger partial charge in [0.2, 0.25) is 5.89 Å². The van der Waals surface area contributed by atoms with Crippen LogP contribution in [0.25, 0.3) is 0 Å². The summed E-state index contributed by atoms with van der Waals surface area (Å²) in [7, 11) is 0. The second-order valence-corrected chi connectivity index (χ2v) is 2.29. The predicted molar refractivity (Wildman–Crippen MR) is 49.8 cm³/mol. The zero-order valence-electron chi connectivity index (χ0n) is 7.73. The lowest BCUT2D eigenvalue weighted by Crippen LogP contribution is -2.08. The van der Waals surface area contributed by atoms with Gasteiger partial charge in [-0.1, -0.05) is 5.16 Å². The number of ether oxygens (including phenoxy) is 1. The second kappa shape index (κ2) is 6.33. The van der Waals surface area contributed by atoms with E-state index in [1.54, 1.807) is 6.92 Å². The molecule has 0 saturated carbocycles. The van der Waals surface area contributed by atoms with Crippen molar-refractivity contribution in [3.8, 4) is 0 Å². The summed E-state index contributed by atoms with van der Waals surface area (Å²) in [6.07, 6.45) is 0.000833. The first-order valence-corrected chi connectivity index (χ1v) is 3.93. The molecule has 0 bridgehead atoms. The van der Waals surface area contributed by atoms with Gasteiger partial charge in [-0.05, 0) is 6.92 Å². The fraction of sp³-hybridized carbons (Fsp3) is 0.571. The van der Waals surface area contributed by atoms with Gasteiger partial charge in [0, 0.05) is 0 Å². The Morgan fingerprint density at radius 3 is 2.86 bits per heavy atom. The molecule has 2 N–H and O–H groups in total. The van der Waals surface area contributed by atoms with E-state index in [0.717, 1.165) is 0 Å². The molecule has 0 aliphatic heterocycles. The van der Waals surface area contributed by atoms with Crippen LogP contribution in [0.3, 0.4) is 0 Å². The molecule has 6 nitrogen and oxygen atoms in total. The van der Waals surface area contributed by atoms with E-state index >= 15 is 0 Å². The molecule has 80 valence electrons. The van der Waals surface area contributed by atoms with E-state index in [-0.39, 0.29) is 37.2 Å². The molecule has 0 radical (unpaired) electrons. The van der Waals surface area contributed by atoms with Gasteiger partial charge in [-0.3, -0.25) is 4.79 Å². The number of nitrogens with zero attached hydrogens (tertiary/aromatic N) is 2. The third-order valence-electron chi connectivity index (χ3n) is 1.29. The third kappa shape index (κ3) is 3.71. The minimum absolute atomic E-state index is 0. The monoisotopic (exact) mass is 221 g/mol. The van der Waals surface area contributed by atoms with Crippen molar-refractivity contribution in [2.45, 2.75) is 19.9 Å². The standard InChI is InChI=1S/C7H11N3O3.ClH/c1-2-12-7(11)3-6-9-5(4-8)10-13-6;/h2-4,8H2,1H3;1H. The average Bonchev–Trinajstić information content (AvgIpc) is 2.52. The molecule has 0 saturated heterocycles. The maximum Gasteiger partial charge on any atom is 0.315 e. The topological polar surface area (TPSA) is 91.2 Å². The number of carbonyl (C=O) groups is 1. The Kier molecular flexibility index (Phi) is 5.82. The molecular formula is C7H12ClN3O3. The summed E-state index contributed by atoms with van der Waals surface area (Å²) in [4.78, 5) is 14.8. The van der Waals surface area contributed by atoms with Gasteiger partial charge in [-0.25, -0.2) is 0 Å². The zero-order valence-corrected chi connectivity index (χ0v) is 8.54. The first-order valence-electron chi connectivity index (χ1n) is 3.93. The molecule has 0 atom stereocenters. The number of hydrogen-bond donors (Lipinski definition) is 1. The van der Waals surface area contributed by atoms with Crippen LogP contribution in [0.2, 0.25) is 0 Å². The Labute approximate surface area is 87.2 Å². The zero-order chi connectivity index (χ0) is 9.68. The average molecular weight is 222 g/mol. The van der Waals surface area contributed by atoms with Crippen LogP contribution in [0.4, 0.5) is 0 Å². The van der Waals surface area contributed by atoms with Crippen molar-refractivity contribution in [2.24, 2.45) is 5.73 Å². The van der Waals surface area contributed by atoms with Crippen molar-refractivity contribution in [1.82, 2.24) is 10.1 Å². The number of halogens is 1. The van der Waals surface area contributed by atoms with E-state index in [1.165, 1.54) is 0 Å². The number of aromatic nitrogens is 2. The van der Waals surface area contributed by atoms with Crippen LogP contribution in [0, 0.1) is 0 Å². The Bertz CT molecular complexity index is 289. The first-order chi connectivity index (χ1) is 6.26. The number of hydrogen-bond acceptors (Lipinski definition) is 6. The van der Waals surface area contributed by atoms with Crippen LogP contribution in [-0.2, 0) is 22.5 Å². The number of nitrogens with two attached hydrogens (primary N) is 1.